The van der Waals surface area contributed by atoms with Crippen molar-refractivity contribution in [1.82, 2.24) is 0 Å². The van der Waals surface area contributed by atoms with E-state index in [-0.39, 0.29) is 151 Å². The van der Waals surface area contributed by atoms with Crippen LogP contribution in [0.1, 0.15) is 51.8 Å². The van der Waals surface area contributed by atoms with E-state index in [1.54, 1.807) is 0 Å². The van der Waals surface area contributed by atoms with Gasteiger partial charge >= 0.3 is 0 Å². The molecule has 0 saturated heterocycles. The third-order valence-electron chi connectivity index (χ3n) is 5.62. The molecular formula is C25H40Ar4P2. The number of hydrogen-bond acceptors (Lipinski definition) is 0. The first kappa shape index (κ1) is 42.4. The second kappa shape index (κ2) is 23.5. The third kappa shape index (κ3) is 17.5. The summed E-state index contributed by atoms with van der Waals surface area (Å²) in [6.45, 7) is 15.0. The van der Waals surface area contributed by atoms with Gasteiger partial charge in [-0.3, -0.25) is 0 Å². The van der Waals surface area contributed by atoms with Crippen LogP contribution < -0.4 is 0 Å². The maximum atomic E-state index is 2.83. The van der Waals surface area contributed by atoms with Crippen molar-refractivity contribution in [1.29, 1.82) is 0 Å². The molecule has 2 aromatic carbocycles. The Hall–Kier alpha value is 4.34. The Morgan fingerprint density at radius 3 is 1.03 bits per heavy atom. The minimum absolute atomic E-state index is 0. The molecule has 4 atom stereocenters. The van der Waals surface area contributed by atoms with Crippen LogP contribution in [-0.4, -0.2) is 12.3 Å². The van der Waals surface area contributed by atoms with E-state index >= 15 is 0 Å². The van der Waals surface area contributed by atoms with E-state index in [1.165, 1.54) is 64.1 Å². The third-order valence-corrected chi connectivity index (χ3v) is 6.83. The van der Waals surface area contributed by atoms with Crippen molar-refractivity contribution >= 4 is 18.5 Å². The second-order valence-electron chi connectivity index (χ2n) is 8.26. The van der Waals surface area contributed by atoms with E-state index in [0.29, 0.717) is 0 Å². The molecule has 1 saturated carbocycles. The number of hydrogen-bond donors (Lipinski definition) is 0. The molecule has 1 fully saturated rings. The van der Waals surface area contributed by atoms with Gasteiger partial charge < -0.3 is 0 Å². The molecule has 3 rings (SSSR count). The predicted molar refractivity (Wildman–Crippen MR) is 131 cm³/mol. The van der Waals surface area contributed by atoms with Crippen LogP contribution in [0.4, 0.5) is 0 Å². The molecule has 0 bridgehead atoms. The SMILES string of the molecule is Cc1cc(C)c(C)c(C)c1.Cc1cc(C)cc(C)c1.PC[C@@H]1CC[C@H]1CP.[Ar].[Ar].[Ar].[Ar]. The average molecular weight is 562 g/mol. The summed E-state index contributed by atoms with van der Waals surface area (Å²) in [5.41, 5.74) is 9.65. The molecule has 2 unspecified atom stereocenters. The van der Waals surface area contributed by atoms with Gasteiger partial charge in [0.05, 0.1) is 0 Å². The van der Waals surface area contributed by atoms with Gasteiger partial charge in [0, 0.05) is 151 Å². The fourth-order valence-corrected chi connectivity index (χ4v) is 4.95. The van der Waals surface area contributed by atoms with E-state index < -0.39 is 0 Å². The van der Waals surface area contributed by atoms with Crippen molar-refractivity contribution in [3.63, 3.8) is 0 Å². The van der Waals surface area contributed by atoms with Gasteiger partial charge in [0.2, 0.25) is 0 Å². The van der Waals surface area contributed by atoms with Gasteiger partial charge in [0.25, 0.3) is 0 Å². The quantitative estimate of drug-likeness (QED) is 0.338. The van der Waals surface area contributed by atoms with Crippen LogP contribution >= 0.6 is 18.5 Å². The molecule has 0 amide bonds. The molecule has 0 spiro atoms. The van der Waals surface area contributed by atoms with Crippen molar-refractivity contribution in [2.45, 2.75) is 61.3 Å². The van der Waals surface area contributed by atoms with Crippen molar-refractivity contribution in [2.24, 2.45) is 11.8 Å². The topological polar surface area (TPSA) is 0 Å². The van der Waals surface area contributed by atoms with E-state index in [2.05, 4.69) is 97.3 Å². The standard InChI is InChI=1S/C10H14.C9H12.C6H14P2.4Ar/c1-7-5-8(2)10(4)9(3)6-7;1-7-4-8(2)6-9(3)5-7;7-3-5-1-2-6(5)4-8;;;;/h5-6H,1-4H3;4-6H,1-3H3;5-6H,1-4,7-8H2;;;;/t;;5-,6-;;;;/m..0..../s1. The van der Waals surface area contributed by atoms with Crippen molar-refractivity contribution < 1.29 is 151 Å². The molecule has 1 aliphatic rings. The summed E-state index contributed by atoms with van der Waals surface area (Å²) in [5.74, 6) is 2.08. The zero-order valence-corrected chi connectivity index (χ0v) is 25.1. The van der Waals surface area contributed by atoms with Crippen molar-refractivity contribution in [2.75, 3.05) is 12.3 Å². The molecule has 31 heavy (non-hydrogen) atoms. The Balaban J connectivity index is -0.000000166. The Bertz CT molecular complexity index is 648. The maximum Gasteiger partial charge on any atom is 0 e. The summed E-state index contributed by atoms with van der Waals surface area (Å²) in [5, 5.41) is 0. The van der Waals surface area contributed by atoms with Crippen molar-refractivity contribution in [3.05, 3.63) is 69.3 Å². The molecule has 0 heterocycles. The average Bonchev–Trinajstić information content (AvgIpc) is 2.52. The largest absolute Gasteiger partial charge is 0.137 e. The first-order chi connectivity index (χ1) is 12.7. The van der Waals surface area contributed by atoms with E-state index in [1.807, 2.05) is 0 Å². The van der Waals surface area contributed by atoms with Crippen LogP contribution in [0.2, 0.25) is 0 Å². The zero-order valence-electron chi connectivity index (χ0n) is 19.9. The van der Waals surface area contributed by atoms with Gasteiger partial charge in [-0.15, -0.1) is 18.5 Å². The summed E-state index contributed by atoms with van der Waals surface area (Å²) in [7, 11) is 5.67. The van der Waals surface area contributed by atoms with Crippen LogP contribution in [0, 0.1) is 211 Å². The molecule has 0 nitrogen and oxygen atoms in total. The van der Waals surface area contributed by atoms with Gasteiger partial charge in [-0.05, 0) is 102 Å². The summed E-state index contributed by atoms with van der Waals surface area (Å²) < 4.78 is 0. The smallest absolute Gasteiger partial charge is 0 e. The Morgan fingerprint density at radius 1 is 0.548 bits per heavy atom. The fourth-order valence-electron chi connectivity index (χ4n) is 3.71. The van der Waals surface area contributed by atoms with Crippen LogP contribution in [0.3, 0.4) is 0 Å². The molecule has 182 valence electrons. The normalized spacial score (nSPS) is 15.5. The number of aryl methyl sites for hydroxylation is 6. The Labute approximate surface area is 317 Å². The summed E-state index contributed by atoms with van der Waals surface area (Å²) in [6, 6.07) is 11.0. The summed E-state index contributed by atoms with van der Waals surface area (Å²) in [6.07, 6.45) is 5.59. The molecule has 0 radical (unpaired) electrons. The molecule has 0 aromatic heterocycles. The van der Waals surface area contributed by atoms with E-state index in [0.717, 1.165) is 11.8 Å². The maximum absolute atomic E-state index is 2.83. The summed E-state index contributed by atoms with van der Waals surface area (Å²) >= 11 is 0. The van der Waals surface area contributed by atoms with E-state index in [9.17, 15) is 0 Å². The molecule has 2 aromatic rings. The Morgan fingerprint density at radius 2 is 0.806 bits per heavy atom. The molecule has 0 N–H and O–H groups in total. The number of benzene rings is 2. The van der Waals surface area contributed by atoms with Gasteiger partial charge in [-0.25, -0.2) is 0 Å². The van der Waals surface area contributed by atoms with Gasteiger partial charge in [-0.2, -0.15) is 0 Å². The fraction of sp³-hybridized carbons (Fsp3) is 0.520. The van der Waals surface area contributed by atoms with Crippen LogP contribution in [0.5, 0.6) is 0 Å². The molecule has 1 aliphatic carbocycles. The van der Waals surface area contributed by atoms with Gasteiger partial charge in [0.1, 0.15) is 0 Å². The van der Waals surface area contributed by atoms with Gasteiger partial charge in [-0.1, -0.05) is 52.6 Å². The van der Waals surface area contributed by atoms with Crippen molar-refractivity contribution in [3.8, 4) is 0 Å². The predicted octanol–water partition coefficient (Wildman–Crippen LogP) is 7.29. The Kier molecular flexibility index (Phi) is 32.1. The van der Waals surface area contributed by atoms with E-state index in [4.69, 9.17) is 0 Å². The minimum Gasteiger partial charge on any atom is -0.137 e. The number of rotatable bonds is 2. The van der Waals surface area contributed by atoms with Crippen LogP contribution in [0.25, 0.3) is 0 Å². The first-order valence-electron chi connectivity index (χ1n) is 10.2. The second-order valence-corrected chi connectivity index (χ2v) is 9.20. The molecule has 0 aliphatic heterocycles. The summed E-state index contributed by atoms with van der Waals surface area (Å²) in [4.78, 5) is 0. The monoisotopic (exact) mass is 562 g/mol. The van der Waals surface area contributed by atoms with Gasteiger partial charge in [0.15, 0.2) is 0 Å². The van der Waals surface area contributed by atoms with Crippen LogP contribution in [-0.2, 0) is 0 Å². The first-order valence-corrected chi connectivity index (χ1v) is 11.8. The van der Waals surface area contributed by atoms with Crippen LogP contribution in [0.15, 0.2) is 30.3 Å². The zero-order chi connectivity index (χ0) is 20.6. The minimum atomic E-state index is 0. The molecular weight excluding hydrogens is 522 g/mol. The molecule has 6 heteroatoms.